The number of ether oxygens (including phenoxy) is 1. The van der Waals surface area contributed by atoms with Crippen molar-refractivity contribution in [1.82, 2.24) is 9.55 Å². The number of esters is 1. The molecule has 0 aliphatic rings. The van der Waals surface area contributed by atoms with Crippen molar-refractivity contribution in [3.05, 3.63) is 54.1 Å². The predicted molar refractivity (Wildman–Crippen MR) is 68.7 cm³/mol. The van der Waals surface area contributed by atoms with Crippen molar-refractivity contribution >= 4 is 5.97 Å². The van der Waals surface area contributed by atoms with E-state index in [1.807, 2.05) is 37.3 Å². The molecule has 0 amide bonds. The largest absolute Gasteiger partial charge is 0.458 e. The van der Waals surface area contributed by atoms with Gasteiger partial charge in [-0.25, -0.2) is 14.2 Å². The summed E-state index contributed by atoms with van der Waals surface area (Å²) in [7, 11) is 0. The zero-order valence-electron chi connectivity index (χ0n) is 10.6. The number of aromatic nitrogens is 2. The van der Waals surface area contributed by atoms with Crippen LogP contribution in [0.25, 0.3) is 0 Å². The molecule has 5 heteroatoms. The summed E-state index contributed by atoms with van der Waals surface area (Å²) in [4.78, 5) is 15.7. The third kappa shape index (κ3) is 2.99. The van der Waals surface area contributed by atoms with E-state index in [1.54, 1.807) is 10.9 Å². The van der Waals surface area contributed by atoms with E-state index in [-0.39, 0.29) is 12.6 Å². The lowest BCUT2D eigenvalue weighted by Gasteiger charge is -2.16. The van der Waals surface area contributed by atoms with Gasteiger partial charge in [-0.2, -0.15) is 0 Å². The molecule has 100 valence electrons. The molecule has 2 rings (SSSR count). The molecular formula is C14H15FN2O2. The Bertz CT molecular complexity index is 539. The van der Waals surface area contributed by atoms with Crippen LogP contribution in [0.3, 0.4) is 0 Å². The summed E-state index contributed by atoms with van der Waals surface area (Å²) in [5.74, 6) is -0.557. The molecule has 0 saturated heterocycles. The highest BCUT2D eigenvalue weighted by atomic mass is 19.1. The van der Waals surface area contributed by atoms with Crippen LogP contribution in [0.2, 0.25) is 0 Å². The van der Waals surface area contributed by atoms with E-state index < -0.39 is 12.6 Å². The summed E-state index contributed by atoms with van der Waals surface area (Å²) in [5.41, 5.74) is 1.38. The van der Waals surface area contributed by atoms with E-state index in [2.05, 4.69) is 4.98 Å². The Morgan fingerprint density at radius 2 is 2.16 bits per heavy atom. The number of rotatable bonds is 5. The second-order valence-corrected chi connectivity index (χ2v) is 4.10. The number of nitrogens with zero attached hydrogens (tertiary/aromatic N) is 2. The normalized spacial score (nSPS) is 12.1. The topological polar surface area (TPSA) is 44.1 Å². The number of carbonyl (C=O) groups is 1. The Labute approximate surface area is 110 Å². The van der Waals surface area contributed by atoms with Crippen LogP contribution in [0.15, 0.2) is 42.9 Å². The second-order valence-electron chi connectivity index (χ2n) is 4.10. The number of alkyl halides is 1. The van der Waals surface area contributed by atoms with Gasteiger partial charge >= 0.3 is 5.97 Å². The summed E-state index contributed by atoms with van der Waals surface area (Å²) in [6.07, 6.45) is 3.00. The predicted octanol–water partition coefficient (Wildman–Crippen LogP) is 2.62. The number of hydrogen-bond acceptors (Lipinski definition) is 3. The third-order valence-corrected chi connectivity index (χ3v) is 2.88. The van der Waals surface area contributed by atoms with Crippen LogP contribution in [0.1, 0.15) is 29.0 Å². The lowest BCUT2D eigenvalue weighted by Crippen LogP contribution is -2.16. The van der Waals surface area contributed by atoms with Crippen molar-refractivity contribution in [3.63, 3.8) is 0 Å². The highest BCUT2D eigenvalue weighted by molar-refractivity contribution is 5.87. The van der Waals surface area contributed by atoms with Gasteiger partial charge in [0, 0.05) is 0 Å². The Morgan fingerprint density at radius 1 is 1.42 bits per heavy atom. The number of benzene rings is 1. The number of halogens is 1. The molecule has 0 fully saturated rings. The van der Waals surface area contributed by atoms with Crippen LogP contribution in [0, 0.1) is 0 Å². The van der Waals surface area contributed by atoms with Crippen LogP contribution in [0.5, 0.6) is 0 Å². The summed E-state index contributed by atoms with van der Waals surface area (Å²) in [6, 6.07) is 9.70. The van der Waals surface area contributed by atoms with Gasteiger partial charge < -0.3 is 9.30 Å². The van der Waals surface area contributed by atoms with Crippen LogP contribution in [0.4, 0.5) is 4.39 Å². The standard InChI is InChI=1S/C14H15FN2O2/c1-11(12-5-3-2-4-6-12)17-10-16-9-13(17)14(18)19-8-7-15/h2-6,9-11H,7-8H2,1H3/t11-/m1/s1. The molecule has 0 unspecified atom stereocenters. The fourth-order valence-corrected chi connectivity index (χ4v) is 1.87. The Morgan fingerprint density at radius 3 is 2.84 bits per heavy atom. The molecule has 1 atom stereocenters. The third-order valence-electron chi connectivity index (χ3n) is 2.88. The van der Waals surface area contributed by atoms with Gasteiger partial charge in [-0.1, -0.05) is 30.3 Å². The van der Waals surface area contributed by atoms with Crippen LogP contribution in [-0.4, -0.2) is 28.8 Å². The Kier molecular flexibility index (Phi) is 4.28. The van der Waals surface area contributed by atoms with E-state index in [1.165, 1.54) is 6.20 Å². The van der Waals surface area contributed by atoms with E-state index in [4.69, 9.17) is 4.74 Å². The zero-order chi connectivity index (χ0) is 13.7. The minimum Gasteiger partial charge on any atom is -0.458 e. The number of carbonyl (C=O) groups excluding carboxylic acids is 1. The first-order valence-electron chi connectivity index (χ1n) is 6.04. The van der Waals surface area contributed by atoms with Gasteiger partial charge in [0.2, 0.25) is 0 Å². The lowest BCUT2D eigenvalue weighted by molar-refractivity contribution is 0.0467. The van der Waals surface area contributed by atoms with Gasteiger partial charge in [-0.05, 0) is 12.5 Å². The van der Waals surface area contributed by atoms with E-state index in [0.717, 1.165) is 5.56 Å². The van der Waals surface area contributed by atoms with Gasteiger partial charge in [0.1, 0.15) is 19.0 Å². The molecule has 0 N–H and O–H groups in total. The van der Waals surface area contributed by atoms with Gasteiger partial charge in [-0.15, -0.1) is 0 Å². The van der Waals surface area contributed by atoms with E-state index >= 15 is 0 Å². The molecule has 19 heavy (non-hydrogen) atoms. The first kappa shape index (κ1) is 13.3. The Hall–Kier alpha value is -2.17. The molecular weight excluding hydrogens is 247 g/mol. The summed E-state index contributed by atoms with van der Waals surface area (Å²) >= 11 is 0. The fraction of sp³-hybridized carbons (Fsp3) is 0.286. The number of hydrogen-bond donors (Lipinski definition) is 0. The minimum atomic E-state index is -0.686. The maximum Gasteiger partial charge on any atom is 0.356 e. The minimum absolute atomic E-state index is 0.0448. The van der Waals surface area contributed by atoms with Gasteiger partial charge in [0.05, 0.1) is 18.6 Å². The molecule has 0 aliphatic heterocycles. The number of imidazole rings is 1. The molecule has 2 aromatic rings. The molecule has 0 bridgehead atoms. The van der Waals surface area contributed by atoms with Crippen molar-refractivity contribution < 1.29 is 13.9 Å². The molecule has 0 radical (unpaired) electrons. The SMILES string of the molecule is C[C@H](c1ccccc1)n1cncc1C(=O)OCCF. The van der Waals surface area contributed by atoms with Gasteiger partial charge in [-0.3, -0.25) is 0 Å². The molecule has 1 heterocycles. The first-order valence-corrected chi connectivity index (χ1v) is 6.04. The lowest BCUT2D eigenvalue weighted by atomic mass is 10.1. The maximum atomic E-state index is 12.0. The molecule has 1 aromatic carbocycles. The van der Waals surface area contributed by atoms with E-state index in [9.17, 15) is 9.18 Å². The quantitative estimate of drug-likeness (QED) is 0.778. The highest BCUT2D eigenvalue weighted by Gasteiger charge is 2.17. The van der Waals surface area contributed by atoms with Crippen LogP contribution < -0.4 is 0 Å². The molecule has 4 nitrogen and oxygen atoms in total. The van der Waals surface area contributed by atoms with Crippen molar-refractivity contribution in [2.24, 2.45) is 0 Å². The fourth-order valence-electron chi connectivity index (χ4n) is 1.87. The van der Waals surface area contributed by atoms with Gasteiger partial charge in [0.15, 0.2) is 0 Å². The van der Waals surface area contributed by atoms with Crippen LogP contribution in [-0.2, 0) is 4.74 Å². The molecule has 0 spiro atoms. The second kappa shape index (κ2) is 6.13. The van der Waals surface area contributed by atoms with Crippen molar-refractivity contribution in [1.29, 1.82) is 0 Å². The van der Waals surface area contributed by atoms with Crippen molar-refractivity contribution in [2.45, 2.75) is 13.0 Å². The van der Waals surface area contributed by atoms with Crippen molar-refractivity contribution in [3.8, 4) is 0 Å². The Balaban J connectivity index is 2.22. The first-order chi connectivity index (χ1) is 9.24. The van der Waals surface area contributed by atoms with Gasteiger partial charge in [0.25, 0.3) is 0 Å². The summed E-state index contributed by atoms with van der Waals surface area (Å²) in [6.45, 7) is 1.04. The summed E-state index contributed by atoms with van der Waals surface area (Å²) < 4.78 is 18.5. The maximum absolute atomic E-state index is 12.0. The molecule has 0 aliphatic carbocycles. The summed E-state index contributed by atoms with van der Waals surface area (Å²) in [5, 5.41) is 0. The zero-order valence-corrected chi connectivity index (χ0v) is 10.6. The van der Waals surface area contributed by atoms with Crippen LogP contribution >= 0.6 is 0 Å². The average molecular weight is 262 g/mol. The monoisotopic (exact) mass is 262 g/mol. The van der Waals surface area contributed by atoms with Crippen molar-refractivity contribution in [2.75, 3.05) is 13.3 Å². The highest BCUT2D eigenvalue weighted by Crippen LogP contribution is 2.19. The molecule has 0 saturated carbocycles. The smallest absolute Gasteiger partial charge is 0.356 e. The average Bonchev–Trinajstić information content (AvgIpc) is 2.94. The molecule has 1 aromatic heterocycles. The van der Waals surface area contributed by atoms with E-state index in [0.29, 0.717) is 5.69 Å².